The van der Waals surface area contributed by atoms with Crippen LogP contribution in [0.3, 0.4) is 0 Å². The molecule has 0 bridgehead atoms. The Kier molecular flexibility index (Phi) is 6.85. The Balaban J connectivity index is 4.41. The SMILES string of the molecule is CCC(CC)(CCCCC(N)=O)C(=O)N(C)C. The average molecular weight is 242 g/mol. The van der Waals surface area contributed by atoms with Crippen molar-refractivity contribution in [3.63, 3.8) is 0 Å². The highest BCUT2D eigenvalue weighted by atomic mass is 16.2. The first kappa shape index (κ1) is 15.9. The molecule has 0 saturated heterocycles. The second kappa shape index (κ2) is 7.30. The summed E-state index contributed by atoms with van der Waals surface area (Å²) in [5, 5.41) is 0. The van der Waals surface area contributed by atoms with E-state index in [-0.39, 0.29) is 17.2 Å². The molecule has 0 aliphatic rings. The molecule has 0 spiro atoms. The van der Waals surface area contributed by atoms with Crippen LogP contribution in [0.15, 0.2) is 0 Å². The van der Waals surface area contributed by atoms with Crippen LogP contribution in [0.2, 0.25) is 0 Å². The molecule has 100 valence electrons. The topological polar surface area (TPSA) is 63.4 Å². The van der Waals surface area contributed by atoms with E-state index < -0.39 is 0 Å². The summed E-state index contributed by atoms with van der Waals surface area (Å²) in [7, 11) is 3.59. The smallest absolute Gasteiger partial charge is 0.228 e. The summed E-state index contributed by atoms with van der Waals surface area (Å²) < 4.78 is 0. The van der Waals surface area contributed by atoms with Gasteiger partial charge in [0.2, 0.25) is 11.8 Å². The van der Waals surface area contributed by atoms with Gasteiger partial charge in [0.25, 0.3) is 0 Å². The Labute approximate surface area is 105 Å². The molecule has 4 nitrogen and oxygen atoms in total. The zero-order valence-corrected chi connectivity index (χ0v) is 11.6. The molecule has 0 rings (SSSR count). The summed E-state index contributed by atoms with van der Waals surface area (Å²) >= 11 is 0. The van der Waals surface area contributed by atoms with Crippen molar-refractivity contribution < 1.29 is 9.59 Å². The molecule has 0 aromatic rings. The molecule has 0 fully saturated rings. The minimum Gasteiger partial charge on any atom is -0.370 e. The molecule has 0 saturated carbocycles. The highest BCUT2D eigenvalue weighted by Gasteiger charge is 2.35. The lowest BCUT2D eigenvalue weighted by molar-refractivity contribution is -0.140. The van der Waals surface area contributed by atoms with Crippen molar-refractivity contribution in [1.29, 1.82) is 0 Å². The molecule has 2 amide bonds. The lowest BCUT2D eigenvalue weighted by Gasteiger charge is -2.33. The predicted octanol–water partition coefficient (Wildman–Crippen LogP) is 1.93. The third-order valence-corrected chi connectivity index (χ3v) is 3.54. The van der Waals surface area contributed by atoms with Gasteiger partial charge in [-0.1, -0.05) is 20.3 Å². The summed E-state index contributed by atoms with van der Waals surface area (Å²) in [6.07, 6.45) is 4.60. The lowest BCUT2D eigenvalue weighted by Crippen LogP contribution is -2.39. The maximum absolute atomic E-state index is 12.2. The van der Waals surface area contributed by atoms with Crippen molar-refractivity contribution in [2.24, 2.45) is 11.1 Å². The van der Waals surface area contributed by atoms with Crippen molar-refractivity contribution in [2.45, 2.75) is 52.4 Å². The van der Waals surface area contributed by atoms with E-state index in [0.29, 0.717) is 6.42 Å². The van der Waals surface area contributed by atoms with Gasteiger partial charge in [0, 0.05) is 25.9 Å². The van der Waals surface area contributed by atoms with Crippen molar-refractivity contribution in [2.75, 3.05) is 14.1 Å². The number of primary amides is 1. The van der Waals surface area contributed by atoms with Crippen LogP contribution in [0.4, 0.5) is 0 Å². The molecule has 0 aliphatic carbocycles. The first-order chi connectivity index (χ1) is 7.89. The largest absolute Gasteiger partial charge is 0.370 e. The Hall–Kier alpha value is -1.06. The average Bonchev–Trinajstić information content (AvgIpc) is 2.29. The fraction of sp³-hybridized carbons (Fsp3) is 0.846. The van der Waals surface area contributed by atoms with Gasteiger partial charge in [0.05, 0.1) is 0 Å². The minimum atomic E-state index is -0.263. The molecule has 4 heteroatoms. The van der Waals surface area contributed by atoms with Crippen molar-refractivity contribution >= 4 is 11.8 Å². The van der Waals surface area contributed by atoms with E-state index in [1.54, 1.807) is 19.0 Å². The van der Waals surface area contributed by atoms with Gasteiger partial charge in [-0.3, -0.25) is 9.59 Å². The van der Waals surface area contributed by atoms with Gasteiger partial charge < -0.3 is 10.6 Å². The Morgan fingerprint density at radius 1 is 1.12 bits per heavy atom. The standard InChI is InChI=1S/C13H26N2O2/c1-5-13(6-2,12(17)15(3)4)10-8-7-9-11(14)16/h5-10H2,1-4H3,(H2,14,16). The van der Waals surface area contributed by atoms with E-state index in [4.69, 9.17) is 5.73 Å². The van der Waals surface area contributed by atoms with E-state index in [1.807, 2.05) is 0 Å². The number of nitrogens with zero attached hydrogens (tertiary/aromatic N) is 1. The summed E-state index contributed by atoms with van der Waals surface area (Å²) in [6.45, 7) is 4.11. The second-order valence-electron chi connectivity index (χ2n) is 4.86. The summed E-state index contributed by atoms with van der Waals surface area (Å²) in [5.41, 5.74) is 4.84. The van der Waals surface area contributed by atoms with Gasteiger partial charge in [0.1, 0.15) is 0 Å². The highest BCUT2D eigenvalue weighted by Crippen LogP contribution is 2.34. The molecule has 0 unspecified atom stereocenters. The summed E-state index contributed by atoms with van der Waals surface area (Å²) in [5.74, 6) is -0.0656. The number of hydrogen-bond donors (Lipinski definition) is 1. The fourth-order valence-corrected chi connectivity index (χ4v) is 2.25. The minimum absolute atomic E-state index is 0.196. The molecule has 17 heavy (non-hydrogen) atoms. The molecule has 0 aromatic carbocycles. The van der Waals surface area contributed by atoms with Crippen molar-refractivity contribution in [3.05, 3.63) is 0 Å². The molecular formula is C13H26N2O2. The van der Waals surface area contributed by atoms with Crippen LogP contribution in [0.25, 0.3) is 0 Å². The zero-order valence-electron chi connectivity index (χ0n) is 11.6. The molecular weight excluding hydrogens is 216 g/mol. The Morgan fingerprint density at radius 3 is 2.00 bits per heavy atom. The van der Waals surface area contributed by atoms with E-state index in [2.05, 4.69) is 13.8 Å². The first-order valence-corrected chi connectivity index (χ1v) is 6.39. The van der Waals surface area contributed by atoms with E-state index in [0.717, 1.165) is 32.1 Å². The van der Waals surface area contributed by atoms with E-state index in [1.165, 1.54) is 0 Å². The predicted molar refractivity (Wildman–Crippen MR) is 69.4 cm³/mol. The maximum Gasteiger partial charge on any atom is 0.228 e. The number of amides is 2. The first-order valence-electron chi connectivity index (χ1n) is 6.39. The number of nitrogens with two attached hydrogens (primary N) is 1. The number of rotatable bonds is 8. The van der Waals surface area contributed by atoms with Crippen LogP contribution in [0, 0.1) is 5.41 Å². The van der Waals surface area contributed by atoms with Gasteiger partial charge in [0.15, 0.2) is 0 Å². The second-order valence-corrected chi connectivity index (χ2v) is 4.86. The molecule has 0 radical (unpaired) electrons. The lowest BCUT2D eigenvalue weighted by atomic mass is 9.76. The monoisotopic (exact) mass is 242 g/mol. The Bertz CT molecular complexity index is 258. The van der Waals surface area contributed by atoms with Crippen LogP contribution < -0.4 is 5.73 Å². The molecule has 0 aromatic heterocycles. The summed E-state index contributed by atoms with van der Waals surface area (Å²) in [6, 6.07) is 0. The summed E-state index contributed by atoms with van der Waals surface area (Å²) in [4.78, 5) is 24.5. The van der Waals surface area contributed by atoms with Crippen LogP contribution in [0.1, 0.15) is 52.4 Å². The van der Waals surface area contributed by atoms with E-state index >= 15 is 0 Å². The number of unbranched alkanes of at least 4 members (excludes halogenated alkanes) is 1. The number of carbonyl (C=O) groups is 2. The van der Waals surface area contributed by atoms with Crippen LogP contribution in [-0.2, 0) is 9.59 Å². The highest BCUT2D eigenvalue weighted by molar-refractivity contribution is 5.82. The van der Waals surface area contributed by atoms with Gasteiger partial charge in [-0.2, -0.15) is 0 Å². The number of hydrogen-bond acceptors (Lipinski definition) is 2. The van der Waals surface area contributed by atoms with Crippen molar-refractivity contribution in [3.8, 4) is 0 Å². The molecule has 0 atom stereocenters. The Morgan fingerprint density at radius 2 is 1.65 bits per heavy atom. The van der Waals surface area contributed by atoms with Crippen molar-refractivity contribution in [1.82, 2.24) is 4.90 Å². The van der Waals surface area contributed by atoms with Crippen LogP contribution >= 0.6 is 0 Å². The van der Waals surface area contributed by atoms with Gasteiger partial charge >= 0.3 is 0 Å². The molecule has 0 aliphatic heterocycles. The normalized spacial score (nSPS) is 11.3. The molecule has 2 N–H and O–H groups in total. The van der Waals surface area contributed by atoms with Gasteiger partial charge in [-0.25, -0.2) is 0 Å². The van der Waals surface area contributed by atoms with Crippen LogP contribution in [0.5, 0.6) is 0 Å². The maximum atomic E-state index is 12.2. The fourth-order valence-electron chi connectivity index (χ4n) is 2.25. The quantitative estimate of drug-likeness (QED) is 0.661. The third kappa shape index (κ3) is 4.75. The van der Waals surface area contributed by atoms with Gasteiger partial charge in [-0.15, -0.1) is 0 Å². The van der Waals surface area contributed by atoms with Gasteiger partial charge in [-0.05, 0) is 25.7 Å². The van der Waals surface area contributed by atoms with E-state index in [9.17, 15) is 9.59 Å². The zero-order chi connectivity index (χ0) is 13.5. The third-order valence-electron chi connectivity index (χ3n) is 3.54. The van der Waals surface area contributed by atoms with Crippen LogP contribution in [-0.4, -0.2) is 30.8 Å². The number of carbonyl (C=O) groups excluding carboxylic acids is 2. The molecule has 0 heterocycles.